The van der Waals surface area contributed by atoms with Gasteiger partial charge in [0.25, 0.3) is 0 Å². The monoisotopic (exact) mass is 226 g/mol. The van der Waals surface area contributed by atoms with Crippen molar-refractivity contribution in [2.45, 2.75) is 27.7 Å². The second-order valence-electron chi connectivity index (χ2n) is 4.78. The van der Waals surface area contributed by atoms with Crippen molar-refractivity contribution in [3.63, 3.8) is 0 Å². The van der Waals surface area contributed by atoms with Gasteiger partial charge in [0.1, 0.15) is 0 Å². The van der Waals surface area contributed by atoms with Crippen LogP contribution in [0.3, 0.4) is 0 Å². The Labute approximate surface area is 97.4 Å². The summed E-state index contributed by atoms with van der Waals surface area (Å²) in [6, 6.07) is 0. The van der Waals surface area contributed by atoms with Gasteiger partial charge in [0, 0.05) is 18.4 Å². The molecule has 0 aromatic carbocycles. The lowest BCUT2D eigenvalue weighted by molar-refractivity contribution is -0.140. The molecule has 1 N–H and O–H groups in total. The van der Waals surface area contributed by atoms with E-state index in [-0.39, 0.29) is 23.7 Å². The fraction of sp³-hybridized carbons (Fsp3) is 0.833. The van der Waals surface area contributed by atoms with Gasteiger partial charge in [-0.25, -0.2) is 0 Å². The molecule has 4 heteroatoms. The molecule has 0 aromatic heterocycles. The average molecular weight is 226 g/mol. The fourth-order valence-electron chi connectivity index (χ4n) is 1.97. The van der Waals surface area contributed by atoms with E-state index in [1.165, 1.54) is 4.90 Å². The minimum Gasteiger partial charge on any atom is -0.317 e. The normalized spacial score (nSPS) is 27.6. The minimum atomic E-state index is -0.154. The maximum Gasteiger partial charge on any atom is 0.232 e. The lowest BCUT2D eigenvalue weighted by atomic mass is 10.00. The van der Waals surface area contributed by atoms with Crippen molar-refractivity contribution in [1.29, 1.82) is 0 Å². The number of carbonyl (C=O) groups is 2. The Morgan fingerprint density at radius 2 is 1.75 bits per heavy atom. The number of imide groups is 1. The van der Waals surface area contributed by atoms with E-state index in [0.29, 0.717) is 12.5 Å². The summed E-state index contributed by atoms with van der Waals surface area (Å²) in [6.07, 6.45) is 0. The van der Waals surface area contributed by atoms with Crippen molar-refractivity contribution < 1.29 is 9.59 Å². The Morgan fingerprint density at radius 1 is 1.25 bits per heavy atom. The van der Waals surface area contributed by atoms with E-state index in [1.807, 2.05) is 20.8 Å². The number of likely N-dealkylation sites (tertiary alicyclic amines) is 1. The Hall–Kier alpha value is -0.900. The highest BCUT2D eigenvalue weighted by Gasteiger charge is 2.42. The Morgan fingerprint density at radius 3 is 2.19 bits per heavy atom. The molecular formula is C12H22N2O2. The number of carbonyl (C=O) groups excluding carboxylic acids is 2. The molecule has 0 bridgehead atoms. The highest BCUT2D eigenvalue weighted by molar-refractivity contribution is 6.04. The molecule has 0 radical (unpaired) electrons. The third-order valence-corrected chi connectivity index (χ3v) is 3.30. The van der Waals surface area contributed by atoms with Crippen molar-refractivity contribution in [2.24, 2.45) is 17.8 Å². The first-order chi connectivity index (χ1) is 7.49. The van der Waals surface area contributed by atoms with Crippen LogP contribution in [0.4, 0.5) is 0 Å². The lowest BCUT2D eigenvalue weighted by Gasteiger charge is -2.19. The number of amides is 2. The summed E-state index contributed by atoms with van der Waals surface area (Å²) in [6.45, 7) is 10.1. The summed E-state index contributed by atoms with van der Waals surface area (Å²) in [5.41, 5.74) is 0. The molecule has 92 valence electrons. The van der Waals surface area contributed by atoms with Crippen LogP contribution in [-0.2, 0) is 9.59 Å². The largest absolute Gasteiger partial charge is 0.317 e. The first-order valence-electron chi connectivity index (χ1n) is 6.05. The molecule has 16 heavy (non-hydrogen) atoms. The summed E-state index contributed by atoms with van der Waals surface area (Å²) in [5, 5.41) is 3.22. The summed E-state index contributed by atoms with van der Waals surface area (Å²) in [7, 11) is 0. The topological polar surface area (TPSA) is 49.4 Å². The number of hydrogen-bond donors (Lipinski definition) is 1. The van der Waals surface area contributed by atoms with Crippen molar-refractivity contribution in [3.8, 4) is 0 Å². The maximum absolute atomic E-state index is 11.8. The van der Waals surface area contributed by atoms with Crippen LogP contribution in [0.15, 0.2) is 0 Å². The molecule has 0 saturated carbocycles. The van der Waals surface area contributed by atoms with E-state index >= 15 is 0 Å². The minimum absolute atomic E-state index is 0.0131. The van der Waals surface area contributed by atoms with Crippen LogP contribution in [0, 0.1) is 17.8 Å². The molecule has 1 heterocycles. The van der Waals surface area contributed by atoms with E-state index in [4.69, 9.17) is 0 Å². The third kappa shape index (κ3) is 2.61. The van der Waals surface area contributed by atoms with Gasteiger partial charge >= 0.3 is 0 Å². The third-order valence-electron chi connectivity index (χ3n) is 3.30. The van der Waals surface area contributed by atoms with E-state index in [2.05, 4.69) is 12.2 Å². The Kier molecular flexibility index (Phi) is 4.47. The number of nitrogens with zero attached hydrogens (tertiary/aromatic N) is 1. The smallest absolute Gasteiger partial charge is 0.232 e. The molecule has 1 fully saturated rings. The standard InChI is InChI=1S/C12H22N2O2/c1-5-13-6-8(2)7-14-11(15)9(3)10(4)12(14)16/h8-10,13H,5-7H2,1-4H3. The summed E-state index contributed by atoms with van der Waals surface area (Å²) < 4.78 is 0. The van der Waals surface area contributed by atoms with Gasteiger partial charge in [0.2, 0.25) is 11.8 Å². The van der Waals surface area contributed by atoms with Crippen LogP contribution < -0.4 is 5.32 Å². The molecule has 1 aliphatic rings. The van der Waals surface area contributed by atoms with Crippen LogP contribution in [-0.4, -0.2) is 36.3 Å². The van der Waals surface area contributed by atoms with E-state index in [1.54, 1.807) is 0 Å². The molecule has 0 aliphatic carbocycles. The predicted molar refractivity (Wildman–Crippen MR) is 62.8 cm³/mol. The van der Waals surface area contributed by atoms with Crippen LogP contribution in [0.5, 0.6) is 0 Å². The van der Waals surface area contributed by atoms with Gasteiger partial charge in [0.15, 0.2) is 0 Å². The lowest BCUT2D eigenvalue weighted by Crippen LogP contribution is -2.37. The van der Waals surface area contributed by atoms with Gasteiger partial charge < -0.3 is 5.32 Å². The zero-order chi connectivity index (χ0) is 12.3. The number of nitrogens with one attached hydrogen (secondary N) is 1. The van der Waals surface area contributed by atoms with E-state index in [0.717, 1.165) is 13.1 Å². The maximum atomic E-state index is 11.8. The molecular weight excluding hydrogens is 204 g/mol. The zero-order valence-corrected chi connectivity index (χ0v) is 10.6. The SMILES string of the molecule is CCNCC(C)CN1C(=O)C(C)C(C)C1=O. The average Bonchev–Trinajstić information content (AvgIpc) is 2.44. The number of hydrogen-bond acceptors (Lipinski definition) is 3. The summed E-state index contributed by atoms with van der Waals surface area (Å²) >= 11 is 0. The highest BCUT2D eigenvalue weighted by atomic mass is 16.2. The molecule has 1 saturated heterocycles. The Balaban J connectivity index is 2.54. The second kappa shape index (κ2) is 5.43. The molecule has 1 rings (SSSR count). The van der Waals surface area contributed by atoms with E-state index < -0.39 is 0 Å². The molecule has 1 aliphatic heterocycles. The van der Waals surface area contributed by atoms with Crippen molar-refractivity contribution in [3.05, 3.63) is 0 Å². The molecule has 3 unspecified atom stereocenters. The molecule has 2 amide bonds. The molecule has 3 atom stereocenters. The van der Waals surface area contributed by atoms with Gasteiger partial charge in [-0.1, -0.05) is 27.7 Å². The van der Waals surface area contributed by atoms with Crippen LogP contribution in [0.1, 0.15) is 27.7 Å². The molecule has 4 nitrogen and oxygen atoms in total. The first-order valence-corrected chi connectivity index (χ1v) is 6.05. The predicted octanol–water partition coefficient (Wildman–Crippen LogP) is 0.873. The van der Waals surface area contributed by atoms with Gasteiger partial charge in [0.05, 0.1) is 0 Å². The van der Waals surface area contributed by atoms with Crippen LogP contribution in [0.2, 0.25) is 0 Å². The zero-order valence-electron chi connectivity index (χ0n) is 10.6. The van der Waals surface area contributed by atoms with Gasteiger partial charge in [-0.15, -0.1) is 0 Å². The Bertz CT molecular complexity index is 258. The highest BCUT2D eigenvalue weighted by Crippen LogP contribution is 2.25. The van der Waals surface area contributed by atoms with Gasteiger partial charge in [-0.3, -0.25) is 14.5 Å². The van der Waals surface area contributed by atoms with Crippen LogP contribution in [0.25, 0.3) is 0 Å². The molecule has 0 aromatic rings. The first kappa shape index (κ1) is 13.2. The summed E-state index contributed by atoms with van der Waals surface area (Å²) in [4.78, 5) is 25.1. The van der Waals surface area contributed by atoms with E-state index in [9.17, 15) is 9.59 Å². The van der Waals surface area contributed by atoms with Crippen molar-refractivity contribution >= 4 is 11.8 Å². The van der Waals surface area contributed by atoms with Gasteiger partial charge in [-0.05, 0) is 19.0 Å². The molecule has 0 spiro atoms. The number of rotatable bonds is 5. The van der Waals surface area contributed by atoms with Crippen molar-refractivity contribution in [1.82, 2.24) is 10.2 Å². The fourth-order valence-corrected chi connectivity index (χ4v) is 1.97. The van der Waals surface area contributed by atoms with Gasteiger partial charge in [-0.2, -0.15) is 0 Å². The summed E-state index contributed by atoms with van der Waals surface area (Å²) in [5.74, 6) is -0.0234. The van der Waals surface area contributed by atoms with Crippen molar-refractivity contribution in [2.75, 3.05) is 19.6 Å². The second-order valence-corrected chi connectivity index (χ2v) is 4.78. The van der Waals surface area contributed by atoms with Crippen LogP contribution >= 0.6 is 0 Å². The quantitative estimate of drug-likeness (QED) is 0.708.